The Labute approximate surface area is 121 Å². The zero-order valence-corrected chi connectivity index (χ0v) is 12.4. The molecule has 6 heteroatoms. The molecule has 2 aromatic rings. The zero-order chi connectivity index (χ0) is 14.3. The zero-order valence-electron chi connectivity index (χ0n) is 11.6. The van der Waals surface area contributed by atoms with Crippen molar-refractivity contribution in [3.8, 4) is 0 Å². The number of aromatic nitrogens is 2. The van der Waals surface area contributed by atoms with Crippen molar-refractivity contribution in [2.75, 3.05) is 23.7 Å². The van der Waals surface area contributed by atoms with E-state index in [1.54, 1.807) is 6.07 Å². The summed E-state index contributed by atoms with van der Waals surface area (Å²) in [6.07, 6.45) is 1.43. The lowest BCUT2D eigenvalue weighted by atomic mass is 10.1. The maximum absolute atomic E-state index is 11.8. The van der Waals surface area contributed by atoms with Gasteiger partial charge in [0.15, 0.2) is 0 Å². The van der Waals surface area contributed by atoms with E-state index in [0.29, 0.717) is 27.1 Å². The van der Waals surface area contributed by atoms with Gasteiger partial charge in [-0.1, -0.05) is 13.8 Å². The van der Waals surface area contributed by atoms with E-state index in [1.165, 1.54) is 6.33 Å². The summed E-state index contributed by atoms with van der Waals surface area (Å²) in [6, 6.07) is 3.66. The van der Waals surface area contributed by atoms with E-state index >= 15 is 0 Å². The number of thioether (sulfide) groups is 1. The van der Waals surface area contributed by atoms with Crippen LogP contribution < -0.4 is 16.2 Å². The second-order valence-corrected chi connectivity index (χ2v) is 7.20. The van der Waals surface area contributed by atoms with Gasteiger partial charge in [-0.05, 0) is 12.1 Å². The van der Waals surface area contributed by atoms with Gasteiger partial charge in [0.1, 0.15) is 0 Å². The number of nitrogens with two attached hydrogens (primary N) is 1. The van der Waals surface area contributed by atoms with Crippen molar-refractivity contribution in [1.29, 1.82) is 0 Å². The van der Waals surface area contributed by atoms with Crippen molar-refractivity contribution in [2.24, 2.45) is 0 Å². The van der Waals surface area contributed by atoms with Gasteiger partial charge in [-0.25, -0.2) is 4.98 Å². The quantitative estimate of drug-likeness (QED) is 0.784. The Morgan fingerprint density at radius 2 is 2.05 bits per heavy atom. The van der Waals surface area contributed by atoms with Gasteiger partial charge < -0.3 is 15.6 Å². The van der Waals surface area contributed by atoms with E-state index in [-0.39, 0.29) is 5.56 Å². The molecular weight excluding hydrogens is 272 g/mol. The molecule has 0 aliphatic carbocycles. The monoisotopic (exact) mass is 290 g/mol. The Morgan fingerprint density at radius 1 is 1.35 bits per heavy atom. The minimum absolute atomic E-state index is 0.149. The SMILES string of the molecule is CC1CN(c2cc3nc[nH]c(=O)c3cc2N)CC(C)S1. The first-order chi connectivity index (χ1) is 9.54. The van der Waals surface area contributed by atoms with E-state index in [9.17, 15) is 4.79 Å². The van der Waals surface area contributed by atoms with Gasteiger partial charge in [0.2, 0.25) is 0 Å². The smallest absolute Gasteiger partial charge is 0.258 e. The highest BCUT2D eigenvalue weighted by atomic mass is 32.2. The molecule has 0 spiro atoms. The number of fused-ring (bicyclic) bond motifs is 1. The highest BCUT2D eigenvalue weighted by molar-refractivity contribution is 8.00. The summed E-state index contributed by atoms with van der Waals surface area (Å²) in [5, 5.41) is 1.68. The van der Waals surface area contributed by atoms with E-state index < -0.39 is 0 Å². The molecule has 0 amide bonds. The number of rotatable bonds is 1. The number of benzene rings is 1. The molecule has 2 atom stereocenters. The predicted molar refractivity (Wildman–Crippen MR) is 85.5 cm³/mol. The fourth-order valence-electron chi connectivity index (χ4n) is 2.77. The first kappa shape index (κ1) is 13.3. The molecule has 0 radical (unpaired) electrons. The van der Waals surface area contributed by atoms with Crippen LogP contribution in [0.3, 0.4) is 0 Å². The van der Waals surface area contributed by atoms with Gasteiger partial charge >= 0.3 is 0 Å². The van der Waals surface area contributed by atoms with Crippen molar-refractivity contribution < 1.29 is 0 Å². The highest BCUT2D eigenvalue weighted by Crippen LogP contribution is 2.33. The maximum atomic E-state index is 11.8. The minimum Gasteiger partial charge on any atom is -0.397 e. The topological polar surface area (TPSA) is 75.0 Å². The van der Waals surface area contributed by atoms with Crippen LogP contribution in [0.2, 0.25) is 0 Å². The summed E-state index contributed by atoms with van der Waals surface area (Å²) in [6.45, 7) is 6.39. The van der Waals surface area contributed by atoms with Crippen molar-refractivity contribution in [2.45, 2.75) is 24.3 Å². The third kappa shape index (κ3) is 2.35. The Balaban J connectivity index is 2.07. The van der Waals surface area contributed by atoms with Crippen LogP contribution in [-0.2, 0) is 0 Å². The second kappa shape index (κ2) is 5.01. The van der Waals surface area contributed by atoms with Crippen LogP contribution in [-0.4, -0.2) is 33.6 Å². The summed E-state index contributed by atoms with van der Waals surface area (Å²) in [5.74, 6) is 0. The van der Waals surface area contributed by atoms with Gasteiger partial charge in [-0.15, -0.1) is 0 Å². The van der Waals surface area contributed by atoms with E-state index in [1.807, 2.05) is 17.8 Å². The number of aromatic amines is 1. The number of nitrogen functional groups attached to an aromatic ring is 1. The summed E-state index contributed by atoms with van der Waals surface area (Å²) >= 11 is 2.00. The lowest BCUT2D eigenvalue weighted by Gasteiger charge is -2.36. The first-order valence-corrected chi connectivity index (χ1v) is 7.66. The first-order valence-electron chi connectivity index (χ1n) is 6.72. The number of hydrogen-bond donors (Lipinski definition) is 2. The van der Waals surface area contributed by atoms with Crippen molar-refractivity contribution in [3.63, 3.8) is 0 Å². The van der Waals surface area contributed by atoms with Gasteiger partial charge in [0.05, 0.1) is 28.6 Å². The molecule has 1 fully saturated rings. The van der Waals surface area contributed by atoms with Crippen molar-refractivity contribution in [1.82, 2.24) is 9.97 Å². The van der Waals surface area contributed by atoms with E-state index in [0.717, 1.165) is 18.8 Å². The molecule has 1 aromatic heterocycles. The standard InChI is InChI=1S/C14H18N4OS/c1-8-5-18(6-9(2)20-8)13-4-12-10(3-11(13)15)14(19)17-7-16-12/h3-4,7-9H,5-6,15H2,1-2H3,(H,16,17,19). The Morgan fingerprint density at radius 3 is 2.75 bits per heavy atom. The van der Waals surface area contributed by atoms with Crippen molar-refractivity contribution in [3.05, 3.63) is 28.8 Å². The third-order valence-electron chi connectivity index (χ3n) is 3.55. The van der Waals surface area contributed by atoms with Gasteiger partial charge in [-0.3, -0.25) is 4.79 Å². The van der Waals surface area contributed by atoms with E-state index in [4.69, 9.17) is 5.73 Å². The molecule has 20 heavy (non-hydrogen) atoms. The number of nitrogens with zero attached hydrogens (tertiary/aromatic N) is 2. The predicted octanol–water partition coefficient (Wildman–Crippen LogP) is 1.84. The minimum atomic E-state index is -0.149. The Hall–Kier alpha value is -1.69. The largest absolute Gasteiger partial charge is 0.397 e. The fourth-order valence-corrected chi connectivity index (χ4v) is 4.09. The van der Waals surface area contributed by atoms with Crippen LogP contribution in [0.5, 0.6) is 0 Å². The van der Waals surface area contributed by atoms with Crippen LogP contribution in [0.15, 0.2) is 23.3 Å². The number of anilines is 2. The van der Waals surface area contributed by atoms with Crippen LogP contribution >= 0.6 is 11.8 Å². The molecule has 1 aliphatic heterocycles. The Bertz CT molecular complexity index is 689. The molecule has 3 N–H and O–H groups in total. The molecule has 2 unspecified atom stereocenters. The molecule has 2 heterocycles. The van der Waals surface area contributed by atoms with Gasteiger partial charge in [0.25, 0.3) is 5.56 Å². The van der Waals surface area contributed by atoms with Gasteiger partial charge in [-0.2, -0.15) is 11.8 Å². The lowest BCUT2D eigenvalue weighted by molar-refractivity contribution is 0.729. The molecule has 0 saturated carbocycles. The van der Waals surface area contributed by atoms with E-state index in [2.05, 4.69) is 28.7 Å². The third-order valence-corrected chi connectivity index (χ3v) is 4.78. The fraction of sp³-hybridized carbons (Fsp3) is 0.429. The van der Waals surface area contributed by atoms with Crippen molar-refractivity contribution >= 4 is 34.0 Å². The molecular formula is C14H18N4OS. The number of hydrogen-bond acceptors (Lipinski definition) is 5. The molecule has 1 saturated heterocycles. The second-order valence-electron chi connectivity index (χ2n) is 5.32. The average molecular weight is 290 g/mol. The molecule has 106 valence electrons. The van der Waals surface area contributed by atoms with Crippen LogP contribution in [0, 0.1) is 0 Å². The molecule has 1 aliphatic rings. The molecule has 5 nitrogen and oxygen atoms in total. The van der Waals surface area contributed by atoms with Crippen LogP contribution in [0.4, 0.5) is 11.4 Å². The van der Waals surface area contributed by atoms with Crippen LogP contribution in [0.1, 0.15) is 13.8 Å². The van der Waals surface area contributed by atoms with Crippen LogP contribution in [0.25, 0.3) is 10.9 Å². The lowest BCUT2D eigenvalue weighted by Crippen LogP contribution is -2.40. The Kier molecular flexibility index (Phi) is 3.33. The summed E-state index contributed by atoms with van der Waals surface area (Å²) in [5.41, 5.74) is 8.31. The molecule has 1 aromatic carbocycles. The molecule has 0 bridgehead atoms. The average Bonchev–Trinajstić information content (AvgIpc) is 2.38. The normalized spacial score (nSPS) is 23.2. The van der Waals surface area contributed by atoms with Gasteiger partial charge in [0, 0.05) is 23.6 Å². The summed E-state index contributed by atoms with van der Waals surface area (Å²) in [7, 11) is 0. The highest BCUT2D eigenvalue weighted by Gasteiger charge is 2.24. The summed E-state index contributed by atoms with van der Waals surface area (Å²) < 4.78 is 0. The summed E-state index contributed by atoms with van der Waals surface area (Å²) in [4.78, 5) is 20.9. The number of nitrogens with one attached hydrogen (secondary N) is 1. The molecule has 3 rings (SSSR count). The number of H-pyrrole nitrogens is 1. The maximum Gasteiger partial charge on any atom is 0.258 e.